The van der Waals surface area contributed by atoms with Gasteiger partial charge in [0.25, 0.3) is 0 Å². The van der Waals surface area contributed by atoms with Crippen LogP contribution < -0.4 is 10.0 Å². The van der Waals surface area contributed by atoms with E-state index in [2.05, 4.69) is 32.9 Å². The molecule has 0 amide bonds. The Hall–Kier alpha value is -1.37. The summed E-state index contributed by atoms with van der Waals surface area (Å²) >= 11 is 3.41. The lowest BCUT2D eigenvalue weighted by molar-refractivity contribution is 0.588. The number of benzene rings is 2. The van der Waals surface area contributed by atoms with Crippen molar-refractivity contribution < 1.29 is 8.42 Å². The lowest BCUT2D eigenvalue weighted by atomic mass is 10.1. The van der Waals surface area contributed by atoms with Crippen molar-refractivity contribution in [3.05, 3.63) is 58.6 Å². The molecule has 0 fully saturated rings. The van der Waals surface area contributed by atoms with Gasteiger partial charge in [-0.15, -0.1) is 0 Å². The average Bonchev–Trinajstić information content (AvgIpc) is 2.48. The smallest absolute Gasteiger partial charge is 0.240 e. The van der Waals surface area contributed by atoms with Crippen molar-refractivity contribution in [2.45, 2.75) is 17.9 Å². The number of anilines is 1. The summed E-state index contributed by atoms with van der Waals surface area (Å²) in [6.07, 6.45) is 0. The molecule has 0 aliphatic heterocycles. The predicted molar refractivity (Wildman–Crippen MR) is 88.9 cm³/mol. The van der Waals surface area contributed by atoms with Crippen LogP contribution in [0.1, 0.15) is 18.5 Å². The van der Waals surface area contributed by atoms with Crippen molar-refractivity contribution in [3.8, 4) is 0 Å². The normalized spacial score (nSPS) is 12.9. The van der Waals surface area contributed by atoms with E-state index < -0.39 is 10.0 Å². The Morgan fingerprint density at radius 3 is 2.10 bits per heavy atom. The molecule has 1 atom stereocenters. The third kappa shape index (κ3) is 4.06. The van der Waals surface area contributed by atoms with Gasteiger partial charge in [-0.3, -0.25) is 0 Å². The van der Waals surface area contributed by atoms with Crippen LogP contribution in [0.5, 0.6) is 0 Å². The number of nitrogens with one attached hydrogen (secondary N) is 2. The summed E-state index contributed by atoms with van der Waals surface area (Å²) in [6, 6.07) is 14.9. The van der Waals surface area contributed by atoms with E-state index in [1.54, 1.807) is 24.3 Å². The summed E-state index contributed by atoms with van der Waals surface area (Å²) < 4.78 is 26.6. The maximum absolute atomic E-state index is 11.7. The molecule has 2 N–H and O–H groups in total. The summed E-state index contributed by atoms with van der Waals surface area (Å²) in [5, 5.41) is 3.34. The number of halogens is 1. The largest absolute Gasteiger partial charge is 0.379 e. The van der Waals surface area contributed by atoms with Gasteiger partial charge in [0, 0.05) is 16.2 Å². The first-order valence-electron chi connectivity index (χ1n) is 6.48. The molecule has 4 nitrogen and oxygen atoms in total. The van der Waals surface area contributed by atoms with Gasteiger partial charge < -0.3 is 5.32 Å². The average molecular weight is 369 g/mol. The molecule has 2 aromatic rings. The molecule has 6 heteroatoms. The Morgan fingerprint density at radius 2 is 1.57 bits per heavy atom. The van der Waals surface area contributed by atoms with E-state index in [4.69, 9.17) is 0 Å². The molecular weight excluding hydrogens is 352 g/mol. The second kappa shape index (κ2) is 6.60. The SMILES string of the molecule is CNS(=O)(=O)c1ccc(NC(C)c2ccc(Br)cc2)cc1. The molecule has 0 aliphatic carbocycles. The van der Waals surface area contributed by atoms with E-state index >= 15 is 0 Å². The molecule has 0 spiro atoms. The maximum atomic E-state index is 11.7. The van der Waals surface area contributed by atoms with E-state index in [0.717, 1.165) is 15.7 Å². The summed E-state index contributed by atoms with van der Waals surface area (Å²) in [6.45, 7) is 2.06. The molecular formula is C15H17BrN2O2S. The van der Waals surface area contributed by atoms with Crippen molar-refractivity contribution >= 4 is 31.6 Å². The van der Waals surface area contributed by atoms with Crippen LogP contribution in [0.15, 0.2) is 57.9 Å². The zero-order valence-electron chi connectivity index (χ0n) is 11.8. The van der Waals surface area contributed by atoms with E-state index in [1.165, 1.54) is 7.05 Å². The minimum atomic E-state index is -3.38. The van der Waals surface area contributed by atoms with Crippen molar-refractivity contribution in [2.24, 2.45) is 0 Å². The van der Waals surface area contributed by atoms with E-state index in [0.29, 0.717) is 0 Å². The summed E-state index contributed by atoms with van der Waals surface area (Å²) in [7, 11) is -1.98. The van der Waals surface area contributed by atoms with Gasteiger partial charge in [-0.05, 0) is 55.9 Å². The van der Waals surface area contributed by atoms with Gasteiger partial charge in [0.15, 0.2) is 0 Å². The Kier molecular flexibility index (Phi) is 5.03. The molecule has 0 aliphatic rings. The molecule has 0 bridgehead atoms. The van der Waals surface area contributed by atoms with Crippen molar-refractivity contribution in [1.82, 2.24) is 4.72 Å². The minimum Gasteiger partial charge on any atom is -0.379 e. The molecule has 0 radical (unpaired) electrons. The molecule has 0 saturated carbocycles. The molecule has 112 valence electrons. The van der Waals surface area contributed by atoms with Gasteiger partial charge in [0.05, 0.1) is 4.90 Å². The van der Waals surface area contributed by atoms with E-state index in [-0.39, 0.29) is 10.9 Å². The van der Waals surface area contributed by atoms with Gasteiger partial charge in [0.1, 0.15) is 0 Å². The molecule has 0 aromatic heterocycles. The molecule has 0 heterocycles. The van der Waals surface area contributed by atoms with Crippen LogP contribution in [-0.2, 0) is 10.0 Å². The van der Waals surface area contributed by atoms with Crippen LogP contribution in [0.3, 0.4) is 0 Å². The standard InChI is InChI=1S/C15H17BrN2O2S/c1-11(12-3-5-13(16)6-4-12)18-14-7-9-15(10-8-14)21(19,20)17-2/h3-11,17-18H,1-2H3. The number of hydrogen-bond donors (Lipinski definition) is 2. The maximum Gasteiger partial charge on any atom is 0.240 e. The summed E-state index contributed by atoms with van der Waals surface area (Å²) in [4.78, 5) is 0.256. The second-order valence-corrected chi connectivity index (χ2v) is 7.45. The summed E-state index contributed by atoms with van der Waals surface area (Å²) in [5.74, 6) is 0. The zero-order chi connectivity index (χ0) is 15.5. The Morgan fingerprint density at radius 1 is 1.00 bits per heavy atom. The lowest BCUT2D eigenvalue weighted by Gasteiger charge is -2.16. The zero-order valence-corrected chi connectivity index (χ0v) is 14.2. The van der Waals surface area contributed by atoms with Crippen molar-refractivity contribution in [1.29, 1.82) is 0 Å². The first-order valence-corrected chi connectivity index (χ1v) is 8.75. The highest BCUT2D eigenvalue weighted by Gasteiger charge is 2.11. The van der Waals surface area contributed by atoms with Gasteiger partial charge in [-0.25, -0.2) is 13.1 Å². The first kappa shape index (κ1) is 16.0. The highest BCUT2D eigenvalue weighted by molar-refractivity contribution is 9.10. The van der Waals surface area contributed by atoms with Gasteiger partial charge in [-0.1, -0.05) is 28.1 Å². The van der Waals surface area contributed by atoms with Crippen LogP contribution in [0, 0.1) is 0 Å². The van der Waals surface area contributed by atoms with Gasteiger partial charge in [-0.2, -0.15) is 0 Å². The van der Waals surface area contributed by atoms with Crippen LogP contribution in [0.4, 0.5) is 5.69 Å². The van der Waals surface area contributed by atoms with Crippen LogP contribution in [0.2, 0.25) is 0 Å². The van der Waals surface area contributed by atoms with Crippen LogP contribution in [0.25, 0.3) is 0 Å². The van der Waals surface area contributed by atoms with Crippen molar-refractivity contribution in [3.63, 3.8) is 0 Å². The highest BCUT2D eigenvalue weighted by Crippen LogP contribution is 2.22. The fourth-order valence-electron chi connectivity index (χ4n) is 1.93. The summed E-state index contributed by atoms with van der Waals surface area (Å²) in [5.41, 5.74) is 2.03. The Bertz CT molecular complexity index is 697. The first-order chi connectivity index (χ1) is 9.92. The monoisotopic (exact) mass is 368 g/mol. The molecule has 21 heavy (non-hydrogen) atoms. The van der Waals surface area contributed by atoms with E-state index in [9.17, 15) is 8.42 Å². The van der Waals surface area contributed by atoms with Crippen LogP contribution in [-0.4, -0.2) is 15.5 Å². The van der Waals surface area contributed by atoms with Gasteiger partial charge in [0.2, 0.25) is 10.0 Å². The number of hydrogen-bond acceptors (Lipinski definition) is 3. The third-order valence-corrected chi connectivity index (χ3v) is 5.15. The number of sulfonamides is 1. The quantitative estimate of drug-likeness (QED) is 0.848. The predicted octanol–water partition coefficient (Wildman–Crippen LogP) is 3.53. The fourth-order valence-corrected chi connectivity index (χ4v) is 2.93. The van der Waals surface area contributed by atoms with E-state index in [1.807, 2.05) is 24.3 Å². The molecule has 2 rings (SSSR count). The number of rotatable bonds is 5. The topological polar surface area (TPSA) is 58.2 Å². The van der Waals surface area contributed by atoms with Crippen molar-refractivity contribution in [2.75, 3.05) is 12.4 Å². The third-order valence-electron chi connectivity index (χ3n) is 3.19. The van der Waals surface area contributed by atoms with Gasteiger partial charge >= 0.3 is 0 Å². The highest BCUT2D eigenvalue weighted by atomic mass is 79.9. The second-order valence-electron chi connectivity index (χ2n) is 4.65. The minimum absolute atomic E-state index is 0.129. The molecule has 1 unspecified atom stereocenters. The molecule has 0 saturated heterocycles. The molecule has 2 aromatic carbocycles. The Labute approximate surface area is 133 Å². The van der Waals surface area contributed by atoms with Crippen LogP contribution >= 0.6 is 15.9 Å². The fraction of sp³-hybridized carbons (Fsp3) is 0.200. The lowest BCUT2D eigenvalue weighted by Crippen LogP contribution is -2.18. The Balaban J connectivity index is 2.11.